The minimum Gasteiger partial charge on any atom is -0.335 e. The maximum atomic E-state index is 13.3. The van der Waals surface area contributed by atoms with E-state index in [-0.39, 0.29) is 5.56 Å². The van der Waals surface area contributed by atoms with Crippen LogP contribution in [-0.2, 0) is 7.05 Å². The second kappa shape index (κ2) is 6.30. The number of carbonyl (C=O) groups excluding carboxylic acids is 1. The molecule has 1 heterocycles. The van der Waals surface area contributed by atoms with Gasteiger partial charge in [0.15, 0.2) is 6.04 Å². The van der Waals surface area contributed by atoms with Gasteiger partial charge in [0.1, 0.15) is 6.20 Å². The van der Waals surface area contributed by atoms with Crippen LogP contribution in [0.2, 0.25) is 0 Å². The molecule has 0 saturated heterocycles. The maximum absolute atomic E-state index is 13.3. The predicted octanol–water partition coefficient (Wildman–Crippen LogP) is 2.67. The van der Waals surface area contributed by atoms with E-state index >= 15 is 0 Å². The van der Waals surface area contributed by atoms with Gasteiger partial charge in [-0.1, -0.05) is 29.8 Å². The SMILES string of the molecule is Cc1cccc([C@H](NC(=O)c2c([N+](=O)[O-])cnn2C)C(F)(F)F)c1. The van der Waals surface area contributed by atoms with Crippen molar-refractivity contribution in [2.24, 2.45) is 7.05 Å². The number of alkyl halides is 3. The standard InChI is InChI=1S/C14H13F3N4O3/c1-8-4-3-5-9(6-8)12(14(15,16)17)19-13(22)11-10(21(23)24)7-18-20(11)2/h3-7,12H,1-2H3,(H,19,22)/t12-/m0/s1. The van der Waals surface area contributed by atoms with Crippen molar-refractivity contribution in [2.75, 3.05) is 0 Å². The molecule has 1 aromatic heterocycles. The zero-order valence-electron chi connectivity index (χ0n) is 12.7. The number of nitrogens with zero attached hydrogens (tertiary/aromatic N) is 3. The van der Waals surface area contributed by atoms with Crippen molar-refractivity contribution in [3.05, 3.63) is 57.4 Å². The van der Waals surface area contributed by atoms with Crippen molar-refractivity contribution in [2.45, 2.75) is 19.1 Å². The van der Waals surface area contributed by atoms with Crippen molar-refractivity contribution in [3.8, 4) is 0 Å². The number of aryl methyl sites for hydroxylation is 2. The van der Waals surface area contributed by atoms with E-state index < -0.39 is 34.4 Å². The Morgan fingerprint density at radius 2 is 2.08 bits per heavy atom. The summed E-state index contributed by atoms with van der Waals surface area (Å²) >= 11 is 0. The van der Waals surface area contributed by atoms with Gasteiger partial charge < -0.3 is 5.32 Å². The largest absolute Gasteiger partial charge is 0.412 e. The molecule has 2 aromatic rings. The van der Waals surface area contributed by atoms with Gasteiger partial charge in [0.25, 0.3) is 5.91 Å². The van der Waals surface area contributed by atoms with E-state index in [1.54, 1.807) is 13.0 Å². The molecule has 1 N–H and O–H groups in total. The van der Waals surface area contributed by atoms with Gasteiger partial charge in [-0.2, -0.15) is 18.3 Å². The van der Waals surface area contributed by atoms with Gasteiger partial charge in [0.2, 0.25) is 5.69 Å². The van der Waals surface area contributed by atoms with Gasteiger partial charge in [-0.15, -0.1) is 0 Å². The van der Waals surface area contributed by atoms with E-state index in [4.69, 9.17) is 0 Å². The van der Waals surface area contributed by atoms with Crippen molar-refractivity contribution in [1.82, 2.24) is 15.1 Å². The molecule has 1 atom stereocenters. The number of nitrogens with one attached hydrogen (secondary N) is 1. The molecule has 0 aliphatic rings. The van der Waals surface area contributed by atoms with Crippen LogP contribution in [0.3, 0.4) is 0 Å². The average molecular weight is 342 g/mol. The molecule has 2 rings (SSSR count). The highest BCUT2D eigenvalue weighted by Crippen LogP contribution is 2.33. The highest BCUT2D eigenvalue weighted by molar-refractivity contribution is 5.96. The van der Waals surface area contributed by atoms with Crippen LogP contribution in [0.25, 0.3) is 0 Å². The lowest BCUT2D eigenvalue weighted by Gasteiger charge is -2.22. The van der Waals surface area contributed by atoms with Gasteiger partial charge in [0.05, 0.1) is 4.92 Å². The molecule has 1 amide bonds. The van der Waals surface area contributed by atoms with Gasteiger partial charge in [-0.3, -0.25) is 19.6 Å². The van der Waals surface area contributed by atoms with Crippen molar-refractivity contribution < 1.29 is 22.9 Å². The summed E-state index contributed by atoms with van der Waals surface area (Å²) in [5.41, 5.74) is -0.801. The Morgan fingerprint density at radius 3 is 2.62 bits per heavy atom. The van der Waals surface area contributed by atoms with Crippen LogP contribution >= 0.6 is 0 Å². The lowest BCUT2D eigenvalue weighted by atomic mass is 10.0. The van der Waals surface area contributed by atoms with E-state index in [9.17, 15) is 28.1 Å². The summed E-state index contributed by atoms with van der Waals surface area (Å²) in [6.07, 6.45) is -3.96. The fourth-order valence-corrected chi connectivity index (χ4v) is 2.23. The van der Waals surface area contributed by atoms with E-state index in [2.05, 4.69) is 5.10 Å². The summed E-state index contributed by atoms with van der Waals surface area (Å²) in [5, 5.41) is 16.2. The lowest BCUT2D eigenvalue weighted by molar-refractivity contribution is -0.385. The minimum absolute atomic E-state index is 0.166. The van der Waals surface area contributed by atoms with Crippen molar-refractivity contribution in [1.29, 1.82) is 0 Å². The number of halogens is 3. The molecule has 10 heteroatoms. The maximum Gasteiger partial charge on any atom is 0.412 e. The van der Waals surface area contributed by atoms with Crippen LogP contribution < -0.4 is 5.32 Å². The van der Waals surface area contributed by atoms with E-state index in [1.807, 2.05) is 5.32 Å². The summed E-state index contributed by atoms with van der Waals surface area (Å²) in [5.74, 6) is -1.23. The molecule has 128 valence electrons. The smallest absolute Gasteiger partial charge is 0.335 e. The number of aromatic nitrogens is 2. The zero-order valence-corrected chi connectivity index (χ0v) is 12.7. The van der Waals surface area contributed by atoms with Crippen LogP contribution in [0.5, 0.6) is 0 Å². The number of carbonyl (C=O) groups is 1. The van der Waals surface area contributed by atoms with Crippen LogP contribution in [0.15, 0.2) is 30.5 Å². The van der Waals surface area contributed by atoms with Crippen LogP contribution in [0.1, 0.15) is 27.7 Å². The Bertz CT molecular complexity index is 786. The Balaban J connectivity index is 2.40. The fraction of sp³-hybridized carbons (Fsp3) is 0.286. The number of nitro groups is 1. The van der Waals surface area contributed by atoms with Crippen molar-refractivity contribution >= 4 is 11.6 Å². The Morgan fingerprint density at radius 1 is 1.42 bits per heavy atom. The van der Waals surface area contributed by atoms with Crippen molar-refractivity contribution in [3.63, 3.8) is 0 Å². The molecule has 7 nitrogen and oxygen atoms in total. The van der Waals surface area contributed by atoms with Crippen LogP contribution in [0.4, 0.5) is 18.9 Å². The number of rotatable bonds is 4. The summed E-state index contributed by atoms with van der Waals surface area (Å²) < 4.78 is 40.8. The van der Waals surface area contributed by atoms with E-state index in [1.165, 1.54) is 25.2 Å². The molecule has 0 radical (unpaired) electrons. The molecule has 0 bridgehead atoms. The van der Waals surface area contributed by atoms with Gasteiger partial charge in [-0.25, -0.2) is 0 Å². The fourth-order valence-electron chi connectivity index (χ4n) is 2.23. The third-order valence-electron chi connectivity index (χ3n) is 3.31. The monoisotopic (exact) mass is 342 g/mol. The normalized spacial score (nSPS) is 12.7. The zero-order chi connectivity index (χ0) is 18.1. The van der Waals surface area contributed by atoms with Gasteiger partial charge in [0, 0.05) is 7.05 Å². The first kappa shape index (κ1) is 17.4. The third kappa shape index (κ3) is 3.53. The summed E-state index contributed by atoms with van der Waals surface area (Å²) in [6, 6.07) is 3.27. The van der Waals surface area contributed by atoms with Gasteiger partial charge >= 0.3 is 11.9 Å². The second-order valence-electron chi connectivity index (χ2n) is 5.12. The third-order valence-corrected chi connectivity index (χ3v) is 3.31. The first-order valence-electron chi connectivity index (χ1n) is 6.71. The highest BCUT2D eigenvalue weighted by Gasteiger charge is 2.43. The van der Waals surface area contributed by atoms with Crippen LogP contribution in [-0.4, -0.2) is 26.8 Å². The molecule has 0 unspecified atom stereocenters. The molecular weight excluding hydrogens is 329 g/mol. The Hall–Kier alpha value is -2.91. The quantitative estimate of drug-likeness (QED) is 0.683. The highest BCUT2D eigenvalue weighted by atomic mass is 19.4. The van der Waals surface area contributed by atoms with E-state index in [0.29, 0.717) is 5.56 Å². The first-order chi connectivity index (χ1) is 11.1. The second-order valence-corrected chi connectivity index (χ2v) is 5.12. The molecule has 0 spiro atoms. The first-order valence-corrected chi connectivity index (χ1v) is 6.71. The molecule has 0 aliphatic carbocycles. The number of amides is 1. The van der Waals surface area contributed by atoms with Gasteiger partial charge in [-0.05, 0) is 12.5 Å². The molecule has 0 saturated carbocycles. The number of benzene rings is 1. The average Bonchev–Trinajstić information content (AvgIpc) is 2.85. The topological polar surface area (TPSA) is 90.1 Å². The Labute approximate surface area is 134 Å². The molecule has 0 aliphatic heterocycles. The van der Waals surface area contributed by atoms with Crippen LogP contribution in [0, 0.1) is 17.0 Å². The van der Waals surface area contributed by atoms with E-state index in [0.717, 1.165) is 10.9 Å². The summed E-state index contributed by atoms with van der Waals surface area (Å²) in [4.78, 5) is 22.2. The summed E-state index contributed by atoms with van der Waals surface area (Å²) in [6.45, 7) is 1.62. The molecular formula is C14H13F3N4O3. The summed E-state index contributed by atoms with van der Waals surface area (Å²) in [7, 11) is 1.23. The number of hydrogen-bond donors (Lipinski definition) is 1. The predicted molar refractivity (Wildman–Crippen MR) is 77.3 cm³/mol. The Kier molecular flexibility index (Phi) is 4.58. The number of hydrogen-bond acceptors (Lipinski definition) is 4. The lowest BCUT2D eigenvalue weighted by Crippen LogP contribution is -2.39. The molecule has 24 heavy (non-hydrogen) atoms. The molecule has 1 aromatic carbocycles. The molecule has 0 fully saturated rings. The minimum atomic E-state index is -4.77.